The zero-order valence-electron chi connectivity index (χ0n) is 13.5. The van der Waals surface area contributed by atoms with Gasteiger partial charge in [-0.3, -0.25) is 10.1 Å². The molecule has 0 bridgehead atoms. The number of benzene rings is 2. The molecule has 0 fully saturated rings. The monoisotopic (exact) mass is 326 g/mol. The number of rotatable bonds is 3. The molecule has 0 aliphatic carbocycles. The van der Waals surface area contributed by atoms with Crippen LogP contribution in [-0.4, -0.2) is 25.2 Å². The van der Waals surface area contributed by atoms with Crippen molar-refractivity contribution in [2.75, 3.05) is 17.3 Å². The van der Waals surface area contributed by atoms with Gasteiger partial charge in [0.25, 0.3) is 5.91 Å². The largest absolute Gasteiger partial charge is 0.479 e. The number of nitrogens with one attached hydrogen (secondary N) is 1. The molecular formula is C18H18N2O4. The lowest BCUT2D eigenvalue weighted by atomic mass is 10.2. The first kappa shape index (κ1) is 15.9. The molecule has 1 atom stereocenters. The highest BCUT2D eigenvalue weighted by atomic mass is 16.5. The van der Waals surface area contributed by atoms with Crippen LogP contribution in [0.15, 0.2) is 48.5 Å². The second-order valence-corrected chi connectivity index (χ2v) is 5.53. The van der Waals surface area contributed by atoms with E-state index < -0.39 is 12.2 Å². The summed E-state index contributed by atoms with van der Waals surface area (Å²) in [4.78, 5) is 25.4. The minimum atomic E-state index is -0.558. The fourth-order valence-electron chi connectivity index (χ4n) is 2.47. The lowest BCUT2D eigenvalue weighted by Crippen LogP contribution is -2.41. The zero-order valence-corrected chi connectivity index (χ0v) is 13.5. The second-order valence-electron chi connectivity index (χ2n) is 5.53. The molecule has 2 amide bonds. The van der Waals surface area contributed by atoms with E-state index in [1.807, 2.05) is 30.3 Å². The average Bonchev–Trinajstić information content (AvgIpc) is 2.59. The minimum Gasteiger partial charge on any atom is -0.479 e. The highest BCUT2D eigenvalue weighted by Crippen LogP contribution is 2.35. The third-order valence-electron chi connectivity index (χ3n) is 3.76. The van der Waals surface area contributed by atoms with Crippen LogP contribution in [0.3, 0.4) is 0 Å². The van der Waals surface area contributed by atoms with Crippen LogP contribution in [0.25, 0.3) is 0 Å². The molecule has 1 unspecified atom stereocenters. The van der Waals surface area contributed by atoms with Gasteiger partial charge in [-0.2, -0.15) is 0 Å². The van der Waals surface area contributed by atoms with Gasteiger partial charge in [0.05, 0.1) is 5.69 Å². The van der Waals surface area contributed by atoms with E-state index in [4.69, 9.17) is 9.47 Å². The molecule has 6 heteroatoms. The quantitative estimate of drug-likeness (QED) is 0.940. The Bertz CT molecular complexity index is 761. The molecule has 1 aliphatic rings. The predicted octanol–water partition coefficient (Wildman–Crippen LogP) is 3.18. The predicted molar refractivity (Wildman–Crippen MR) is 90.2 cm³/mol. The number of hydrogen-bond donors (Lipinski definition) is 1. The molecule has 0 spiro atoms. The Balaban J connectivity index is 1.66. The Kier molecular flexibility index (Phi) is 4.37. The highest BCUT2D eigenvalue weighted by Gasteiger charge is 2.29. The van der Waals surface area contributed by atoms with Crippen molar-refractivity contribution in [1.82, 2.24) is 0 Å². The number of amides is 2. The van der Waals surface area contributed by atoms with E-state index in [9.17, 15) is 9.59 Å². The van der Waals surface area contributed by atoms with E-state index in [1.165, 1.54) is 4.90 Å². The molecule has 1 aliphatic heterocycles. The summed E-state index contributed by atoms with van der Waals surface area (Å²) in [6, 6.07) is 14.5. The van der Waals surface area contributed by atoms with Gasteiger partial charge in [0.1, 0.15) is 12.4 Å². The molecule has 2 aromatic rings. The van der Waals surface area contributed by atoms with Gasteiger partial charge < -0.3 is 14.4 Å². The van der Waals surface area contributed by atoms with E-state index in [-0.39, 0.29) is 12.5 Å². The number of carbonyl (C=O) groups excluding carboxylic acids is 2. The first-order chi connectivity index (χ1) is 11.5. The van der Waals surface area contributed by atoms with E-state index in [1.54, 1.807) is 32.2 Å². The minimum absolute atomic E-state index is 0.133. The lowest BCUT2D eigenvalue weighted by Gasteiger charge is -2.30. The van der Waals surface area contributed by atoms with Gasteiger partial charge in [-0.25, -0.2) is 4.79 Å². The van der Waals surface area contributed by atoms with Crippen LogP contribution in [0.1, 0.15) is 12.5 Å². The Morgan fingerprint density at radius 3 is 2.75 bits per heavy atom. The SMILES string of the molecule is CC1Oc2ccc(NC(=O)OCc3ccccc3)cc2N(C)C1=O. The van der Waals surface area contributed by atoms with E-state index in [0.29, 0.717) is 17.1 Å². The molecule has 0 saturated carbocycles. The van der Waals surface area contributed by atoms with Crippen LogP contribution < -0.4 is 15.0 Å². The van der Waals surface area contributed by atoms with Crippen LogP contribution in [0.5, 0.6) is 5.75 Å². The van der Waals surface area contributed by atoms with E-state index in [2.05, 4.69) is 5.32 Å². The number of hydrogen-bond acceptors (Lipinski definition) is 4. The Morgan fingerprint density at radius 1 is 1.25 bits per heavy atom. The second kappa shape index (κ2) is 6.62. The molecule has 24 heavy (non-hydrogen) atoms. The highest BCUT2D eigenvalue weighted by molar-refractivity contribution is 6.00. The molecule has 3 rings (SSSR count). The smallest absolute Gasteiger partial charge is 0.411 e. The summed E-state index contributed by atoms with van der Waals surface area (Å²) in [5.74, 6) is 0.471. The Morgan fingerprint density at radius 2 is 2.00 bits per heavy atom. The van der Waals surface area contributed by atoms with Crippen LogP contribution in [0, 0.1) is 0 Å². The van der Waals surface area contributed by atoms with Crippen molar-refractivity contribution in [1.29, 1.82) is 0 Å². The number of ether oxygens (including phenoxy) is 2. The number of likely N-dealkylation sites (N-methyl/N-ethyl adjacent to an activating group) is 1. The number of carbonyl (C=O) groups is 2. The molecule has 0 saturated heterocycles. The number of fused-ring (bicyclic) bond motifs is 1. The standard InChI is InChI=1S/C18H18N2O4/c1-12-17(21)20(2)15-10-14(8-9-16(15)24-12)19-18(22)23-11-13-6-4-3-5-7-13/h3-10,12H,11H2,1-2H3,(H,19,22). The molecule has 124 valence electrons. The maximum atomic E-state index is 12.0. The van der Waals surface area contributed by atoms with Gasteiger partial charge >= 0.3 is 6.09 Å². The van der Waals surface area contributed by atoms with Gasteiger partial charge in [0, 0.05) is 12.7 Å². The van der Waals surface area contributed by atoms with Gasteiger partial charge in [-0.1, -0.05) is 30.3 Å². The molecule has 0 aromatic heterocycles. The first-order valence-corrected chi connectivity index (χ1v) is 7.60. The molecular weight excluding hydrogens is 308 g/mol. The fourth-order valence-corrected chi connectivity index (χ4v) is 2.47. The van der Waals surface area contributed by atoms with Crippen molar-refractivity contribution in [3.63, 3.8) is 0 Å². The molecule has 1 N–H and O–H groups in total. The Hall–Kier alpha value is -3.02. The fraction of sp³-hybridized carbons (Fsp3) is 0.222. The van der Waals surface area contributed by atoms with E-state index in [0.717, 1.165) is 5.56 Å². The van der Waals surface area contributed by atoms with Crippen molar-refractivity contribution in [3.05, 3.63) is 54.1 Å². The van der Waals surface area contributed by atoms with Gasteiger partial charge in [-0.15, -0.1) is 0 Å². The van der Waals surface area contributed by atoms with Crippen LogP contribution >= 0.6 is 0 Å². The van der Waals surface area contributed by atoms with Crippen molar-refractivity contribution in [3.8, 4) is 5.75 Å². The molecule has 6 nitrogen and oxygen atoms in total. The average molecular weight is 326 g/mol. The maximum Gasteiger partial charge on any atom is 0.411 e. The van der Waals surface area contributed by atoms with Crippen LogP contribution in [-0.2, 0) is 16.1 Å². The number of anilines is 2. The first-order valence-electron chi connectivity index (χ1n) is 7.60. The van der Waals surface area contributed by atoms with Crippen molar-refractivity contribution >= 4 is 23.4 Å². The molecule has 1 heterocycles. The van der Waals surface area contributed by atoms with Crippen molar-refractivity contribution < 1.29 is 19.1 Å². The summed E-state index contributed by atoms with van der Waals surface area (Å²) in [5.41, 5.74) is 2.05. The normalized spacial score (nSPS) is 16.2. The summed E-state index contributed by atoms with van der Waals surface area (Å²) in [6.07, 6.45) is -1.07. The zero-order chi connectivity index (χ0) is 17.1. The third kappa shape index (κ3) is 3.32. The number of nitrogens with zero attached hydrogens (tertiary/aromatic N) is 1. The van der Waals surface area contributed by atoms with E-state index >= 15 is 0 Å². The van der Waals surface area contributed by atoms with Crippen molar-refractivity contribution in [2.24, 2.45) is 0 Å². The third-order valence-corrected chi connectivity index (χ3v) is 3.76. The summed E-state index contributed by atoms with van der Waals surface area (Å²) in [7, 11) is 1.68. The van der Waals surface area contributed by atoms with Crippen LogP contribution in [0.2, 0.25) is 0 Å². The molecule has 0 radical (unpaired) electrons. The van der Waals surface area contributed by atoms with Crippen molar-refractivity contribution in [2.45, 2.75) is 19.6 Å². The van der Waals surface area contributed by atoms with Gasteiger partial charge in [0.15, 0.2) is 6.10 Å². The van der Waals surface area contributed by atoms with Gasteiger partial charge in [0.2, 0.25) is 0 Å². The Labute approximate surface area is 140 Å². The summed E-state index contributed by atoms with van der Waals surface area (Å²) >= 11 is 0. The van der Waals surface area contributed by atoms with Crippen LogP contribution in [0.4, 0.5) is 16.2 Å². The lowest BCUT2D eigenvalue weighted by molar-refractivity contribution is -0.125. The molecule has 2 aromatic carbocycles. The topological polar surface area (TPSA) is 67.9 Å². The van der Waals surface area contributed by atoms with Gasteiger partial charge in [-0.05, 0) is 30.7 Å². The maximum absolute atomic E-state index is 12.0. The summed E-state index contributed by atoms with van der Waals surface area (Å²) < 4.78 is 10.7. The summed E-state index contributed by atoms with van der Waals surface area (Å²) in [5, 5.41) is 2.65. The summed E-state index contributed by atoms with van der Waals surface area (Å²) in [6.45, 7) is 1.89.